The first-order valence-corrected chi connectivity index (χ1v) is 11.1. The monoisotopic (exact) mass is 406 g/mol. The Bertz CT molecular complexity index is 1180. The van der Waals surface area contributed by atoms with Crippen LogP contribution in [0.1, 0.15) is 27.8 Å². The lowest BCUT2D eigenvalue weighted by molar-refractivity contribution is 0.594. The van der Waals surface area contributed by atoms with Gasteiger partial charge in [-0.05, 0) is 23.6 Å². The van der Waals surface area contributed by atoms with Crippen molar-refractivity contribution in [2.45, 2.75) is 18.4 Å². The summed E-state index contributed by atoms with van der Waals surface area (Å²) in [6.45, 7) is 1.89. The van der Waals surface area contributed by atoms with Crippen LogP contribution in [-0.4, -0.2) is 28.5 Å². The van der Waals surface area contributed by atoms with Crippen molar-refractivity contribution in [3.8, 4) is 0 Å². The first kappa shape index (κ1) is 19.1. The number of benzene rings is 2. The smallest absolute Gasteiger partial charge is 0.259 e. The molecule has 0 amide bonds. The van der Waals surface area contributed by atoms with Crippen LogP contribution in [0, 0.1) is 6.92 Å². The molecule has 0 aromatic heterocycles. The van der Waals surface area contributed by atoms with E-state index >= 15 is 0 Å². The van der Waals surface area contributed by atoms with Crippen LogP contribution in [-0.2, 0) is 31.6 Å². The van der Waals surface area contributed by atoms with E-state index < -0.39 is 20.0 Å². The van der Waals surface area contributed by atoms with Gasteiger partial charge in [-0.3, -0.25) is 0 Å². The predicted octanol–water partition coefficient (Wildman–Crippen LogP) is 0.779. The van der Waals surface area contributed by atoms with Crippen LogP contribution in [0.25, 0.3) is 0 Å². The van der Waals surface area contributed by atoms with Crippen molar-refractivity contribution >= 4 is 31.7 Å². The summed E-state index contributed by atoms with van der Waals surface area (Å²) in [7, 11) is -6.78. The highest BCUT2D eigenvalue weighted by atomic mass is 32.2. The molecule has 0 fully saturated rings. The maximum atomic E-state index is 11.3. The number of nitrogens with zero attached hydrogens (tertiary/aromatic N) is 2. The number of nitrogens with two attached hydrogens (primary N) is 2. The zero-order valence-electron chi connectivity index (χ0n) is 14.5. The molecular weight excluding hydrogens is 388 g/mol. The quantitative estimate of drug-likeness (QED) is 0.661. The van der Waals surface area contributed by atoms with Gasteiger partial charge < -0.3 is 11.5 Å². The zero-order chi connectivity index (χ0) is 19.8. The number of aryl methyl sites for hydroxylation is 1. The lowest BCUT2D eigenvalue weighted by Crippen LogP contribution is -2.24. The van der Waals surface area contributed by atoms with E-state index in [1.165, 1.54) is 0 Å². The van der Waals surface area contributed by atoms with Gasteiger partial charge in [0.1, 0.15) is 11.7 Å². The zero-order valence-corrected chi connectivity index (χ0v) is 16.1. The Balaban J connectivity index is 0.000000156. The summed E-state index contributed by atoms with van der Waals surface area (Å²) < 4.78 is 51.8. The van der Waals surface area contributed by atoms with Gasteiger partial charge in [-0.25, -0.2) is 16.8 Å². The van der Waals surface area contributed by atoms with Gasteiger partial charge in [0.25, 0.3) is 20.0 Å². The third-order valence-electron chi connectivity index (χ3n) is 4.06. The van der Waals surface area contributed by atoms with E-state index in [2.05, 4.69) is 8.80 Å². The van der Waals surface area contributed by atoms with Gasteiger partial charge >= 0.3 is 0 Å². The lowest BCUT2D eigenvalue weighted by Gasteiger charge is -2.15. The number of amidine groups is 2. The Kier molecular flexibility index (Phi) is 4.79. The maximum absolute atomic E-state index is 11.3. The van der Waals surface area contributed by atoms with E-state index in [0.717, 1.165) is 27.8 Å². The highest BCUT2D eigenvalue weighted by molar-refractivity contribution is 7.89. The molecule has 142 valence electrons. The van der Waals surface area contributed by atoms with Crippen LogP contribution in [0.3, 0.4) is 0 Å². The van der Waals surface area contributed by atoms with Gasteiger partial charge in [0.2, 0.25) is 0 Å². The molecule has 27 heavy (non-hydrogen) atoms. The molecule has 2 aliphatic rings. The minimum atomic E-state index is -3.40. The molecule has 0 radical (unpaired) electrons. The van der Waals surface area contributed by atoms with E-state index in [0.29, 0.717) is 0 Å². The van der Waals surface area contributed by atoms with Crippen molar-refractivity contribution in [1.29, 1.82) is 0 Å². The summed E-state index contributed by atoms with van der Waals surface area (Å²) in [4.78, 5) is 0. The highest BCUT2D eigenvalue weighted by Crippen LogP contribution is 2.22. The van der Waals surface area contributed by atoms with Crippen molar-refractivity contribution in [2.24, 2.45) is 20.3 Å². The minimum Gasteiger partial charge on any atom is -0.383 e. The molecule has 2 aromatic carbocycles. The second-order valence-electron chi connectivity index (χ2n) is 6.17. The molecule has 8 nitrogen and oxygen atoms in total. The van der Waals surface area contributed by atoms with Crippen LogP contribution in [0.2, 0.25) is 0 Å². The number of fused-ring (bicyclic) bond motifs is 2. The second kappa shape index (κ2) is 6.78. The summed E-state index contributed by atoms with van der Waals surface area (Å²) in [5, 5.41) is 0. The van der Waals surface area contributed by atoms with Crippen molar-refractivity contribution in [3.05, 3.63) is 70.3 Å². The molecule has 0 bridgehead atoms. The molecule has 0 atom stereocenters. The van der Waals surface area contributed by atoms with Crippen LogP contribution in [0.15, 0.2) is 51.3 Å². The summed E-state index contributed by atoms with van der Waals surface area (Å²) in [5.41, 5.74) is 15.0. The van der Waals surface area contributed by atoms with Gasteiger partial charge in [0.15, 0.2) is 0 Å². The van der Waals surface area contributed by atoms with E-state index in [-0.39, 0.29) is 23.2 Å². The molecule has 2 aliphatic heterocycles. The van der Waals surface area contributed by atoms with E-state index in [1.807, 2.05) is 19.1 Å². The first-order valence-electron chi connectivity index (χ1n) is 7.91. The predicted molar refractivity (Wildman–Crippen MR) is 104 cm³/mol. The van der Waals surface area contributed by atoms with Gasteiger partial charge in [-0.15, -0.1) is 8.80 Å². The first-order chi connectivity index (χ1) is 12.6. The molecule has 2 aromatic rings. The third kappa shape index (κ3) is 4.17. The standard InChI is InChI=1S/C9H10N2O2S.C8H8N2O2S/c1-6-3-2-4-7-5-14(12,13)11-9(10)8(6)7;9-8-7-4-2-1-3-6(7)5-13(11,12)10-8/h2-4H,5H2,1H3,(H2,10,11);1-4H,5H2,(H2,9,10). The van der Waals surface area contributed by atoms with Crippen molar-refractivity contribution < 1.29 is 16.8 Å². The molecule has 0 spiro atoms. The number of hydrogen-bond acceptors (Lipinski definition) is 6. The molecule has 4 rings (SSSR count). The van der Waals surface area contributed by atoms with Crippen LogP contribution in [0.5, 0.6) is 0 Å². The Morgan fingerprint density at radius 3 is 2.04 bits per heavy atom. The normalized spacial score (nSPS) is 18.7. The van der Waals surface area contributed by atoms with Crippen molar-refractivity contribution in [1.82, 2.24) is 0 Å². The Morgan fingerprint density at radius 1 is 0.778 bits per heavy atom. The number of hydrogen-bond donors (Lipinski definition) is 2. The summed E-state index contributed by atoms with van der Waals surface area (Å²) in [6, 6.07) is 12.6. The van der Waals surface area contributed by atoms with Crippen LogP contribution >= 0.6 is 0 Å². The van der Waals surface area contributed by atoms with Crippen LogP contribution < -0.4 is 11.5 Å². The maximum Gasteiger partial charge on any atom is 0.259 e. The Hall–Kier alpha value is -2.72. The molecule has 0 saturated heterocycles. The highest BCUT2D eigenvalue weighted by Gasteiger charge is 2.23. The van der Waals surface area contributed by atoms with Gasteiger partial charge in [0.05, 0.1) is 11.5 Å². The fourth-order valence-corrected chi connectivity index (χ4v) is 5.16. The second-order valence-corrected chi connectivity index (χ2v) is 9.44. The minimum absolute atomic E-state index is 0.0509. The van der Waals surface area contributed by atoms with Crippen LogP contribution in [0.4, 0.5) is 0 Å². The summed E-state index contributed by atoms with van der Waals surface area (Å²) in [5.74, 6) is 0.0837. The fraction of sp³-hybridized carbons (Fsp3) is 0.176. The third-order valence-corrected chi connectivity index (χ3v) is 6.36. The number of rotatable bonds is 0. The Labute approximate surface area is 157 Å². The number of sulfonamides is 2. The molecule has 4 N–H and O–H groups in total. The molecule has 10 heteroatoms. The fourth-order valence-electron chi connectivity index (χ4n) is 2.96. The van der Waals surface area contributed by atoms with Gasteiger partial charge in [-0.1, -0.05) is 42.5 Å². The van der Waals surface area contributed by atoms with E-state index in [4.69, 9.17) is 11.5 Å². The van der Waals surface area contributed by atoms with Crippen molar-refractivity contribution in [2.75, 3.05) is 0 Å². The topological polar surface area (TPSA) is 145 Å². The summed E-state index contributed by atoms with van der Waals surface area (Å²) >= 11 is 0. The summed E-state index contributed by atoms with van der Waals surface area (Å²) in [6.07, 6.45) is 0. The SMILES string of the molecule is Cc1cccc2c1C(N)=NS(=O)(=O)C2.NC1=NS(=O)(=O)Cc2ccccc21. The molecular formula is C17H18N4O4S2. The molecule has 2 heterocycles. The lowest BCUT2D eigenvalue weighted by atomic mass is 10.0. The largest absolute Gasteiger partial charge is 0.383 e. The van der Waals surface area contributed by atoms with Gasteiger partial charge in [0, 0.05) is 11.1 Å². The average molecular weight is 406 g/mol. The molecule has 0 aliphatic carbocycles. The molecule has 0 unspecified atom stereocenters. The average Bonchev–Trinajstić information content (AvgIpc) is 2.52. The Morgan fingerprint density at radius 2 is 1.33 bits per heavy atom. The van der Waals surface area contributed by atoms with E-state index in [1.54, 1.807) is 30.3 Å². The van der Waals surface area contributed by atoms with E-state index in [9.17, 15) is 16.8 Å². The molecule has 0 saturated carbocycles. The van der Waals surface area contributed by atoms with Gasteiger partial charge in [-0.2, -0.15) is 0 Å². The van der Waals surface area contributed by atoms with Crippen molar-refractivity contribution in [3.63, 3.8) is 0 Å².